The SMILES string of the molecule is CC(CCN1CCNCC1)c1ccccc1Oc1ccc(Br)cc1. The van der Waals surface area contributed by atoms with Gasteiger partial charge in [0.05, 0.1) is 0 Å². The Balaban J connectivity index is 1.65. The zero-order valence-corrected chi connectivity index (χ0v) is 15.8. The third-order valence-corrected chi connectivity index (χ3v) is 5.11. The molecule has 1 heterocycles. The molecule has 1 aliphatic rings. The zero-order valence-electron chi connectivity index (χ0n) is 14.2. The number of rotatable bonds is 6. The molecule has 1 aliphatic heterocycles. The van der Waals surface area contributed by atoms with Crippen LogP contribution in [0.15, 0.2) is 53.0 Å². The van der Waals surface area contributed by atoms with Gasteiger partial charge in [-0.15, -0.1) is 0 Å². The summed E-state index contributed by atoms with van der Waals surface area (Å²) >= 11 is 3.46. The molecule has 2 aromatic rings. The lowest BCUT2D eigenvalue weighted by Gasteiger charge is -2.28. The van der Waals surface area contributed by atoms with Crippen molar-refractivity contribution in [2.24, 2.45) is 0 Å². The second kappa shape index (κ2) is 8.65. The molecule has 24 heavy (non-hydrogen) atoms. The molecule has 1 atom stereocenters. The number of nitrogens with one attached hydrogen (secondary N) is 1. The van der Waals surface area contributed by atoms with Gasteiger partial charge in [0, 0.05) is 30.7 Å². The van der Waals surface area contributed by atoms with E-state index >= 15 is 0 Å². The first-order valence-corrected chi connectivity index (χ1v) is 9.47. The van der Waals surface area contributed by atoms with Gasteiger partial charge in [0.25, 0.3) is 0 Å². The molecule has 128 valence electrons. The van der Waals surface area contributed by atoms with Crippen LogP contribution in [0.2, 0.25) is 0 Å². The average molecular weight is 389 g/mol. The molecule has 2 aromatic carbocycles. The van der Waals surface area contributed by atoms with Crippen molar-refractivity contribution in [3.8, 4) is 11.5 Å². The molecule has 0 saturated carbocycles. The van der Waals surface area contributed by atoms with Gasteiger partial charge in [0.1, 0.15) is 11.5 Å². The van der Waals surface area contributed by atoms with Gasteiger partial charge in [0.2, 0.25) is 0 Å². The first kappa shape index (κ1) is 17.5. The van der Waals surface area contributed by atoms with Crippen molar-refractivity contribution in [1.82, 2.24) is 10.2 Å². The van der Waals surface area contributed by atoms with Crippen molar-refractivity contribution in [2.45, 2.75) is 19.3 Å². The van der Waals surface area contributed by atoms with Gasteiger partial charge >= 0.3 is 0 Å². The summed E-state index contributed by atoms with van der Waals surface area (Å²) in [5.74, 6) is 2.32. The Morgan fingerprint density at radius 3 is 2.54 bits per heavy atom. The molecule has 0 aliphatic carbocycles. The van der Waals surface area contributed by atoms with Gasteiger partial charge in [-0.25, -0.2) is 0 Å². The third kappa shape index (κ3) is 4.82. The van der Waals surface area contributed by atoms with E-state index in [0.29, 0.717) is 5.92 Å². The van der Waals surface area contributed by atoms with Gasteiger partial charge in [-0.05, 0) is 54.8 Å². The van der Waals surface area contributed by atoms with E-state index in [4.69, 9.17) is 4.74 Å². The second-order valence-corrected chi connectivity index (χ2v) is 7.29. The standard InChI is InChI=1S/C20H25BrN2O/c1-16(10-13-23-14-11-22-12-15-23)19-4-2-3-5-20(19)24-18-8-6-17(21)7-9-18/h2-9,16,22H,10-15H2,1H3. The Labute approximate surface area is 153 Å². The Morgan fingerprint density at radius 1 is 1.08 bits per heavy atom. The maximum Gasteiger partial charge on any atom is 0.130 e. The summed E-state index contributed by atoms with van der Waals surface area (Å²) in [6.07, 6.45) is 1.15. The highest BCUT2D eigenvalue weighted by Gasteiger charge is 2.15. The third-order valence-electron chi connectivity index (χ3n) is 4.58. The average Bonchev–Trinajstić information content (AvgIpc) is 2.63. The Hall–Kier alpha value is -1.36. The van der Waals surface area contributed by atoms with Crippen molar-refractivity contribution in [2.75, 3.05) is 32.7 Å². The summed E-state index contributed by atoms with van der Waals surface area (Å²) in [6.45, 7) is 7.98. The van der Waals surface area contributed by atoms with Gasteiger partial charge < -0.3 is 15.0 Å². The van der Waals surface area contributed by atoms with Crippen LogP contribution in [0.5, 0.6) is 11.5 Å². The lowest BCUT2D eigenvalue weighted by molar-refractivity contribution is 0.233. The van der Waals surface area contributed by atoms with E-state index in [1.54, 1.807) is 0 Å². The van der Waals surface area contributed by atoms with Gasteiger partial charge in [-0.3, -0.25) is 0 Å². The minimum Gasteiger partial charge on any atom is -0.457 e. The summed E-state index contributed by atoms with van der Waals surface area (Å²) < 4.78 is 7.20. The predicted molar refractivity (Wildman–Crippen MR) is 103 cm³/mol. The molecular formula is C20H25BrN2O. The van der Waals surface area contributed by atoms with E-state index in [1.165, 1.54) is 5.56 Å². The molecule has 1 N–H and O–H groups in total. The molecule has 0 radical (unpaired) electrons. The van der Waals surface area contributed by atoms with Gasteiger partial charge in [-0.2, -0.15) is 0 Å². The van der Waals surface area contributed by atoms with Crippen molar-refractivity contribution >= 4 is 15.9 Å². The molecule has 3 rings (SSSR count). The maximum absolute atomic E-state index is 6.13. The monoisotopic (exact) mass is 388 g/mol. The van der Waals surface area contributed by atoms with Crippen molar-refractivity contribution in [1.29, 1.82) is 0 Å². The molecule has 1 unspecified atom stereocenters. The summed E-state index contributed by atoms with van der Waals surface area (Å²) in [7, 11) is 0. The van der Waals surface area contributed by atoms with Crippen LogP contribution in [-0.4, -0.2) is 37.6 Å². The van der Waals surface area contributed by atoms with E-state index in [1.807, 2.05) is 30.3 Å². The lowest BCUT2D eigenvalue weighted by atomic mass is 9.96. The molecule has 1 fully saturated rings. The van der Waals surface area contributed by atoms with E-state index < -0.39 is 0 Å². The van der Waals surface area contributed by atoms with Gasteiger partial charge in [-0.1, -0.05) is 41.1 Å². The van der Waals surface area contributed by atoms with Crippen LogP contribution in [0.3, 0.4) is 0 Å². The predicted octanol–water partition coefficient (Wildman–Crippen LogP) is 4.64. The molecule has 0 spiro atoms. The Morgan fingerprint density at radius 2 is 1.79 bits per heavy atom. The summed E-state index contributed by atoms with van der Waals surface area (Å²) in [4.78, 5) is 2.55. The molecule has 3 nitrogen and oxygen atoms in total. The summed E-state index contributed by atoms with van der Waals surface area (Å²) in [5.41, 5.74) is 1.29. The molecule has 4 heteroatoms. The topological polar surface area (TPSA) is 24.5 Å². The second-order valence-electron chi connectivity index (χ2n) is 6.38. The number of para-hydroxylation sites is 1. The lowest BCUT2D eigenvalue weighted by Crippen LogP contribution is -2.43. The fraction of sp³-hybridized carbons (Fsp3) is 0.400. The Kier molecular flexibility index (Phi) is 6.30. The number of nitrogens with zero attached hydrogens (tertiary/aromatic N) is 1. The molecule has 0 aromatic heterocycles. The minimum absolute atomic E-state index is 0.478. The van der Waals surface area contributed by atoms with Crippen molar-refractivity contribution in [3.05, 3.63) is 58.6 Å². The summed E-state index contributed by atoms with van der Waals surface area (Å²) in [5, 5.41) is 3.41. The summed E-state index contributed by atoms with van der Waals surface area (Å²) in [6, 6.07) is 16.4. The molecular weight excluding hydrogens is 364 g/mol. The normalized spacial score (nSPS) is 16.8. The maximum atomic E-state index is 6.13. The van der Waals surface area contributed by atoms with Crippen LogP contribution in [0.1, 0.15) is 24.8 Å². The van der Waals surface area contributed by atoms with Gasteiger partial charge in [0.15, 0.2) is 0 Å². The highest BCUT2D eigenvalue weighted by molar-refractivity contribution is 9.10. The van der Waals surface area contributed by atoms with E-state index in [2.05, 4.69) is 51.3 Å². The number of benzene rings is 2. The van der Waals surface area contributed by atoms with Crippen LogP contribution in [0.25, 0.3) is 0 Å². The quantitative estimate of drug-likeness (QED) is 0.779. The smallest absolute Gasteiger partial charge is 0.130 e. The van der Waals surface area contributed by atoms with Crippen LogP contribution in [0, 0.1) is 0 Å². The number of piperazine rings is 1. The highest BCUT2D eigenvalue weighted by atomic mass is 79.9. The van der Waals surface area contributed by atoms with Crippen LogP contribution in [0.4, 0.5) is 0 Å². The van der Waals surface area contributed by atoms with Crippen molar-refractivity contribution in [3.63, 3.8) is 0 Å². The first-order chi connectivity index (χ1) is 11.7. The fourth-order valence-corrected chi connectivity index (χ4v) is 3.34. The largest absolute Gasteiger partial charge is 0.457 e. The number of ether oxygens (including phenoxy) is 1. The van der Waals surface area contributed by atoms with E-state index in [0.717, 1.165) is 55.1 Å². The van der Waals surface area contributed by atoms with E-state index in [-0.39, 0.29) is 0 Å². The highest BCUT2D eigenvalue weighted by Crippen LogP contribution is 2.32. The number of halogens is 1. The number of hydrogen-bond donors (Lipinski definition) is 1. The van der Waals surface area contributed by atoms with Crippen molar-refractivity contribution < 1.29 is 4.74 Å². The first-order valence-electron chi connectivity index (χ1n) is 8.68. The van der Waals surface area contributed by atoms with Crippen LogP contribution >= 0.6 is 15.9 Å². The minimum atomic E-state index is 0.478. The molecule has 1 saturated heterocycles. The van der Waals surface area contributed by atoms with Crippen LogP contribution < -0.4 is 10.1 Å². The zero-order chi connectivity index (χ0) is 16.8. The Bertz CT molecular complexity index is 638. The molecule has 0 amide bonds. The van der Waals surface area contributed by atoms with Crippen LogP contribution in [-0.2, 0) is 0 Å². The van der Waals surface area contributed by atoms with E-state index in [9.17, 15) is 0 Å². The number of hydrogen-bond acceptors (Lipinski definition) is 3. The molecule has 0 bridgehead atoms. The fourth-order valence-electron chi connectivity index (χ4n) is 3.08.